The number of carbonyl (C=O) groups excluding carboxylic acids is 1. The summed E-state index contributed by atoms with van der Waals surface area (Å²) in [5.41, 5.74) is 0.726. The molecule has 1 N–H and O–H groups in total. The molecule has 0 atom stereocenters. The summed E-state index contributed by atoms with van der Waals surface area (Å²) < 4.78 is 11.6. The monoisotopic (exact) mass is 395 g/mol. The van der Waals surface area contributed by atoms with Gasteiger partial charge in [0.05, 0.1) is 18.1 Å². The van der Waals surface area contributed by atoms with Gasteiger partial charge in [-0.1, -0.05) is 36.1 Å². The van der Waals surface area contributed by atoms with E-state index in [0.717, 1.165) is 5.56 Å². The van der Waals surface area contributed by atoms with Gasteiger partial charge in [-0.3, -0.25) is 14.5 Å². The van der Waals surface area contributed by atoms with Crippen LogP contribution in [0.15, 0.2) is 23.1 Å². The number of methoxy groups -OCH3 is 1. The van der Waals surface area contributed by atoms with E-state index in [-0.39, 0.29) is 18.4 Å². The van der Waals surface area contributed by atoms with Gasteiger partial charge in [-0.15, -0.1) is 0 Å². The lowest BCUT2D eigenvalue weighted by Crippen LogP contribution is -2.29. The van der Waals surface area contributed by atoms with Gasteiger partial charge in [0.2, 0.25) is 0 Å². The first kappa shape index (κ1) is 20.3. The van der Waals surface area contributed by atoms with Crippen LogP contribution in [-0.4, -0.2) is 46.0 Å². The molecule has 1 aromatic carbocycles. The predicted octanol–water partition coefficient (Wildman–Crippen LogP) is 3.55. The number of nitrogens with zero attached hydrogens (tertiary/aromatic N) is 1. The summed E-state index contributed by atoms with van der Waals surface area (Å²) in [6, 6.07) is 5.47. The maximum Gasteiger partial charge on any atom is 0.303 e. The van der Waals surface area contributed by atoms with E-state index in [9.17, 15) is 9.59 Å². The average Bonchev–Trinajstić information content (AvgIpc) is 2.83. The molecule has 26 heavy (non-hydrogen) atoms. The van der Waals surface area contributed by atoms with Crippen LogP contribution in [0.2, 0.25) is 0 Å². The number of carboxylic acid groups (broad SMARTS) is 1. The number of amides is 1. The second kappa shape index (κ2) is 9.05. The molecule has 0 bridgehead atoms. The first-order valence-corrected chi connectivity index (χ1v) is 9.36. The normalized spacial score (nSPS) is 15.8. The van der Waals surface area contributed by atoms with Gasteiger partial charge < -0.3 is 14.6 Å². The Morgan fingerprint density at radius 1 is 1.42 bits per heavy atom. The van der Waals surface area contributed by atoms with Gasteiger partial charge >= 0.3 is 5.97 Å². The zero-order valence-corrected chi connectivity index (χ0v) is 16.5. The van der Waals surface area contributed by atoms with Gasteiger partial charge in [0, 0.05) is 18.5 Å². The number of rotatable bonds is 8. The molecule has 8 heteroatoms. The first-order chi connectivity index (χ1) is 12.3. The second-order valence-electron chi connectivity index (χ2n) is 5.88. The predicted molar refractivity (Wildman–Crippen MR) is 106 cm³/mol. The molecule has 140 valence electrons. The topological polar surface area (TPSA) is 76.1 Å². The molecule has 0 aliphatic carbocycles. The van der Waals surface area contributed by atoms with Crippen molar-refractivity contribution in [1.82, 2.24) is 4.90 Å². The second-order valence-corrected chi connectivity index (χ2v) is 7.55. The van der Waals surface area contributed by atoms with Crippen LogP contribution in [0.25, 0.3) is 6.08 Å². The van der Waals surface area contributed by atoms with E-state index >= 15 is 0 Å². The van der Waals surface area contributed by atoms with Crippen molar-refractivity contribution in [2.24, 2.45) is 0 Å². The molecule has 0 saturated carbocycles. The molecule has 1 heterocycles. The quantitative estimate of drug-likeness (QED) is 0.533. The number of aliphatic carboxylic acids is 1. The van der Waals surface area contributed by atoms with Gasteiger partial charge in [0.15, 0.2) is 11.5 Å². The van der Waals surface area contributed by atoms with Crippen molar-refractivity contribution in [3.8, 4) is 11.5 Å². The van der Waals surface area contributed by atoms with E-state index in [0.29, 0.717) is 33.7 Å². The fourth-order valence-corrected chi connectivity index (χ4v) is 3.69. The minimum atomic E-state index is -0.891. The smallest absolute Gasteiger partial charge is 0.303 e. The fourth-order valence-electron chi connectivity index (χ4n) is 2.39. The maximum atomic E-state index is 12.6. The fraction of sp³-hybridized carbons (Fsp3) is 0.389. The van der Waals surface area contributed by atoms with E-state index in [2.05, 4.69) is 0 Å². The lowest BCUT2D eigenvalue weighted by Gasteiger charge is -2.16. The Morgan fingerprint density at radius 3 is 2.77 bits per heavy atom. The molecule has 0 spiro atoms. The summed E-state index contributed by atoms with van der Waals surface area (Å²) in [6.07, 6.45) is 2.04. The summed E-state index contributed by atoms with van der Waals surface area (Å²) in [5.74, 6) is 0.0482. The van der Waals surface area contributed by atoms with Gasteiger partial charge in [0.25, 0.3) is 5.91 Å². The largest absolute Gasteiger partial charge is 0.493 e. The van der Waals surface area contributed by atoms with Crippen molar-refractivity contribution < 1.29 is 24.2 Å². The lowest BCUT2D eigenvalue weighted by molar-refractivity contribution is -0.137. The van der Waals surface area contributed by atoms with Crippen molar-refractivity contribution in [1.29, 1.82) is 0 Å². The Kier molecular flexibility index (Phi) is 7.05. The molecule has 0 aromatic heterocycles. The van der Waals surface area contributed by atoms with Crippen molar-refractivity contribution in [2.75, 3.05) is 13.7 Å². The SMILES string of the molecule is COc1cccc(/C=C2\SC(=S)N(CCCC(=O)O)C2=O)c1OC(C)C. The highest BCUT2D eigenvalue weighted by molar-refractivity contribution is 8.26. The Hall–Kier alpha value is -2.06. The van der Waals surface area contributed by atoms with Crippen LogP contribution in [0.4, 0.5) is 0 Å². The molecule has 1 aliphatic heterocycles. The van der Waals surface area contributed by atoms with Crippen molar-refractivity contribution >= 4 is 46.3 Å². The molecular weight excluding hydrogens is 374 g/mol. The van der Waals surface area contributed by atoms with Crippen LogP contribution in [-0.2, 0) is 9.59 Å². The highest BCUT2D eigenvalue weighted by Crippen LogP contribution is 2.38. The Bertz CT molecular complexity index is 745. The van der Waals surface area contributed by atoms with Crippen LogP contribution >= 0.6 is 24.0 Å². The van der Waals surface area contributed by atoms with E-state index in [1.54, 1.807) is 19.3 Å². The highest BCUT2D eigenvalue weighted by Gasteiger charge is 2.32. The Balaban J connectivity index is 2.26. The van der Waals surface area contributed by atoms with E-state index < -0.39 is 5.97 Å². The number of ether oxygens (including phenoxy) is 2. The van der Waals surface area contributed by atoms with Gasteiger partial charge in [-0.25, -0.2) is 0 Å². The number of carboxylic acids is 1. The van der Waals surface area contributed by atoms with Crippen molar-refractivity contribution in [3.63, 3.8) is 0 Å². The minimum absolute atomic E-state index is 0.00162. The number of benzene rings is 1. The average molecular weight is 396 g/mol. The zero-order valence-electron chi connectivity index (χ0n) is 14.9. The molecule has 6 nitrogen and oxygen atoms in total. The Morgan fingerprint density at radius 2 is 2.15 bits per heavy atom. The number of thiocarbonyl (C=S) groups is 1. The van der Waals surface area contributed by atoms with E-state index in [1.807, 2.05) is 26.0 Å². The maximum absolute atomic E-state index is 12.6. The summed E-state index contributed by atoms with van der Waals surface area (Å²) in [7, 11) is 1.56. The molecular formula is C18H21NO5S2. The standard InChI is InChI=1S/C18H21NO5S2/c1-11(2)24-16-12(6-4-7-13(16)23-3)10-14-17(22)19(18(25)26-14)9-5-8-15(20)21/h4,6-7,10-11H,5,8-9H2,1-3H3,(H,20,21)/b14-10-. The molecule has 0 unspecified atom stereocenters. The third kappa shape index (κ3) is 4.98. The minimum Gasteiger partial charge on any atom is -0.493 e. The van der Waals surface area contributed by atoms with E-state index in [1.165, 1.54) is 16.7 Å². The number of thioether (sulfide) groups is 1. The number of hydrogen-bond acceptors (Lipinski definition) is 6. The lowest BCUT2D eigenvalue weighted by atomic mass is 10.1. The summed E-state index contributed by atoms with van der Waals surface area (Å²) in [4.78, 5) is 25.2. The third-order valence-corrected chi connectivity index (χ3v) is 4.89. The van der Waals surface area contributed by atoms with Gasteiger partial charge in [0.1, 0.15) is 4.32 Å². The third-order valence-electron chi connectivity index (χ3n) is 3.52. The molecule has 0 radical (unpaired) electrons. The van der Waals surface area contributed by atoms with Crippen LogP contribution in [0.3, 0.4) is 0 Å². The van der Waals surface area contributed by atoms with E-state index in [4.69, 9.17) is 26.8 Å². The molecule has 1 aliphatic rings. The number of hydrogen-bond donors (Lipinski definition) is 1. The zero-order chi connectivity index (χ0) is 19.3. The van der Waals surface area contributed by atoms with Crippen LogP contribution < -0.4 is 9.47 Å². The molecule has 1 saturated heterocycles. The van der Waals surface area contributed by atoms with Crippen LogP contribution in [0.1, 0.15) is 32.3 Å². The van der Waals surface area contributed by atoms with Gasteiger partial charge in [-0.05, 0) is 32.4 Å². The van der Waals surface area contributed by atoms with Crippen LogP contribution in [0.5, 0.6) is 11.5 Å². The summed E-state index contributed by atoms with van der Waals surface area (Å²) in [5, 5.41) is 8.74. The summed E-state index contributed by atoms with van der Waals surface area (Å²) >= 11 is 6.47. The van der Waals surface area contributed by atoms with Crippen LogP contribution in [0, 0.1) is 0 Å². The molecule has 1 amide bonds. The molecule has 2 rings (SSSR count). The number of para-hydroxylation sites is 1. The molecule has 1 fully saturated rings. The van der Waals surface area contributed by atoms with Crippen molar-refractivity contribution in [3.05, 3.63) is 28.7 Å². The molecule has 1 aromatic rings. The first-order valence-electron chi connectivity index (χ1n) is 8.14. The highest BCUT2D eigenvalue weighted by atomic mass is 32.2. The number of carbonyl (C=O) groups is 2. The van der Waals surface area contributed by atoms with Gasteiger partial charge in [-0.2, -0.15) is 0 Å². The van der Waals surface area contributed by atoms with Crippen molar-refractivity contribution in [2.45, 2.75) is 32.8 Å². The summed E-state index contributed by atoms with van der Waals surface area (Å²) in [6.45, 7) is 4.12. The Labute approximate surface area is 162 Å².